The normalized spacial score (nSPS) is 14.1. The Morgan fingerprint density at radius 1 is 1.20 bits per heavy atom. The number of nitrogens with zero attached hydrogens (tertiary/aromatic N) is 4. The molecule has 2 aromatic carbocycles. The number of nitrogens with one attached hydrogen (secondary N) is 2. The monoisotopic (exact) mass is 336 g/mol. The topological polar surface area (TPSA) is 86.8 Å². The van der Waals surface area contributed by atoms with Gasteiger partial charge < -0.3 is 0 Å². The molecule has 1 saturated carbocycles. The highest BCUT2D eigenvalue weighted by Gasteiger charge is 2.29. The summed E-state index contributed by atoms with van der Waals surface area (Å²) >= 11 is 0. The third-order valence-electron chi connectivity index (χ3n) is 4.54. The minimum Gasteiger partial charge on any atom is -0.296 e. The highest BCUT2D eigenvalue weighted by Crippen LogP contribution is 2.30. The number of rotatable bonds is 7. The van der Waals surface area contributed by atoms with E-state index in [4.69, 9.17) is 0 Å². The Hall–Kier alpha value is -2.80. The quantitative estimate of drug-likeness (QED) is 0.691. The van der Waals surface area contributed by atoms with Gasteiger partial charge >= 0.3 is 0 Å². The largest absolute Gasteiger partial charge is 0.296 e. The molecule has 128 valence electrons. The maximum absolute atomic E-state index is 12.1. The van der Waals surface area contributed by atoms with Gasteiger partial charge in [-0.15, -0.1) is 5.10 Å². The van der Waals surface area contributed by atoms with Crippen molar-refractivity contribution in [2.24, 2.45) is 0 Å². The number of aromatic nitrogens is 4. The molecular formula is C18H20N6O. The fraction of sp³-hybridized carbons (Fsp3) is 0.333. The minimum absolute atomic E-state index is 0.0926. The van der Waals surface area contributed by atoms with Gasteiger partial charge in [0.1, 0.15) is 0 Å². The Morgan fingerprint density at radius 2 is 2.04 bits per heavy atom. The van der Waals surface area contributed by atoms with Crippen LogP contribution in [0.1, 0.15) is 24.8 Å². The first kappa shape index (κ1) is 15.7. The van der Waals surface area contributed by atoms with Crippen LogP contribution in [0, 0.1) is 0 Å². The molecule has 1 aromatic heterocycles. The maximum Gasteiger partial charge on any atom is 0.269 e. The van der Waals surface area contributed by atoms with Gasteiger partial charge in [0.15, 0.2) is 0 Å². The van der Waals surface area contributed by atoms with Gasteiger partial charge in [-0.2, -0.15) is 5.21 Å². The molecule has 7 heteroatoms. The van der Waals surface area contributed by atoms with Crippen LogP contribution in [0.25, 0.3) is 10.8 Å². The van der Waals surface area contributed by atoms with E-state index in [1.807, 2.05) is 0 Å². The van der Waals surface area contributed by atoms with Gasteiger partial charge in [-0.05, 0) is 34.4 Å². The van der Waals surface area contributed by atoms with Gasteiger partial charge in [-0.25, -0.2) is 0 Å². The van der Waals surface area contributed by atoms with Crippen LogP contribution in [0.4, 0.5) is 5.95 Å². The molecule has 1 fully saturated rings. The number of aromatic amines is 1. The van der Waals surface area contributed by atoms with Crippen molar-refractivity contribution in [2.45, 2.75) is 31.8 Å². The summed E-state index contributed by atoms with van der Waals surface area (Å²) in [6.45, 7) is 1.58. The van der Waals surface area contributed by atoms with Crippen molar-refractivity contribution < 1.29 is 4.79 Å². The van der Waals surface area contributed by atoms with Crippen molar-refractivity contribution in [3.8, 4) is 0 Å². The van der Waals surface area contributed by atoms with Crippen molar-refractivity contribution in [3.05, 3.63) is 48.0 Å². The van der Waals surface area contributed by atoms with Crippen LogP contribution in [0.5, 0.6) is 0 Å². The molecule has 1 aliphatic carbocycles. The summed E-state index contributed by atoms with van der Waals surface area (Å²) < 4.78 is 0. The highest BCUT2D eigenvalue weighted by atomic mass is 16.1. The molecule has 25 heavy (non-hydrogen) atoms. The zero-order valence-electron chi connectivity index (χ0n) is 13.9. The number of anilines is 1. The summed E-state index contributed by atoms with van der Waals surface area (Å²) in [7, 11) is 0. The fourth-order valence-electron chi connectivity index (χ4n) is 3.13. The van der Waals surface area contributed by atoms with Gasteiger partial charge in [-0.1, -0.05) is 47.6 Å². The summed E-state index contributed by atoms with van der Waals surface area (Å²) in [4.78, 5) is 14.5. The summed E-state index contributed by atoms with van der Waals surface area (Å²) in [5.41, 5.74) is 1.31. The van der Waals surface area contributed by atoms with Gasteiger partial charge in [0.25, 0.3) is 5.95 Å². The number of tetrazole rings is 1. The number of carbonyl (C=O) groups excluding carboxylic acids is 1. The lowest BCUT2D eigenvalue weighted by Crippen LogP contribution is -2.29. The van der Waals surface area contributed by atoms with Gasteiger partial charge in [0.2, 0.25) is 5.91 Å². The number of carbonyl (C=O) groups is 1. The zero-order valence-corrected chi connectivity index (χ0v) is 13.9. The third kappa shape index (κ3) is 3.83. The Morgan fingerprint density at radius 3 is 2.84 bits per heavy atom. The van der Waals surface area contributed by atoms with E-state index in [9.17, 15) is 4.79 Å². The molecule has 0 bridgehead atoms. The molecule has 1 heterocycles. The van der Waals surface area contributed by atoms with E-state index in [1.54, 1.807) is 0 Å². The maximum atomic E-state index is 12.1. The average Bonchev–Trinajstić information content (AvgIpc) is 3.36. The Balaban J connectivity index is 1.42. The van der Waals surface area contributed by atoms with Gasteiger partial charge in [-0.3, -0.25) is 15.0 Å². The molecular weight excluding hydrogens is 316 g/mol. The zero-order chi connectivity index (χ0) is 17.1. The van der Waals surface area contributed by atoms with Crippen LogP contribution in [-0.4, -0.2) is 44.0 Å². The lowest BCUT2D eigenvalue weighted by molar-refractivity contribution is -0.116. The molecule has 0 aliphatic heterocycles. The number of fused-ring (bicyclic) bond motifs is 1. The van der Waals surface area contributed by atoms with E-state index in [1.165, 1.54) is 29.2 Å². The van der Waals surface area contributed by atoms with Crippen molar-refractivity contribution >= 4 is 22.6 Å². The standard InChI is InChI=1S/C18H20N6O/c25-17(19-18-20-22-23-21-18)10-11-24(15-8-9-15)12-14-6-3-5-13-4-1-2-7-16(13)14/h1-7,15H,8-12H2,(H2,19,20,21,22,23,25). The van der Waals surface area contributed by atoms with Crippen molar-refractivity contribution in [2.75, 3.05) is 11.9 Å². The predicted molar refractivity (Wildman–Crippen MR) is 94.8 cm³/mol. The molecule has 0 radical (unpaired) electrons. The number of amides is 1. The fourth-order valence-corrected chi connectivity index (χ4v) is 3.13. The van der Waals surface area contributed by atoms with E-state index >= 15 is 0 Å². The first-order valence-corrected chi connectivity index (χ1v) is 8.53. The molecule has 1 aliphatic rings. The van der Waals surface area contributed by atoms with Gasteiger partial charge in [0, 0.05) is 25.6 Å². The van der Waals surface area contributed by atoms with Crippen LogP contribution in [0.3, 0.4) is 0 Å². The predicted octanol–water partition coefficient (Wildman–Crippen LogP) is 2.35. The van der Waals surface area contributed by atoms with Crippen molar-refractivity contribution in [1.29, 1.82) is 0 Å². The molecule has 0 unspecified atom stereocenters. The Kier molecular flexibility index (Phi) is 4.39. The van der Waals surface area contributed by atoms with Crippen LogP contribution in [-0.2, 0) is 11.3 Å². The Labute approximate surface area is 145 Å². The molecule has 3 aromatic rings. The highest BCUT2D eigenvalue weighted by molar-refractivity contribution is 5.89. The van der Waals surface area contributed by atoms with E-state index in [-0.39, 0.29) is 11.9 Å². The molecule has 4 rings (SSSR count). The van der Waals surface area contributed by atoms with Crippen LogP contribution >= 0.6 is 0 Å². The molecule has 1 amide bonds. The molecule has 0 atom stereocenters. The number of hydrogen-bond acceptors (Lipinski definition) is 5. The Bertz CT molecular complexity index is 854. The van der Waals surface area contributed by atoms with Crippen LogP contribution < -0.4 is 5.32 Å². The van der Waals surface area contributed by atoms with E-state index in [2.05, 4.69) is 73.3 Å². The van der Waals surface area contributed by atoms with Crippen LogP contribution in [0.2, 0.25) is 0 Å². The average molecular weight is 336 g/mol. The molecule has 7 nitrogen and oxygen atoms in total. The molecule has 2 N–H and O–H groups in total. The number of hydrogen-bond donors (Lipinski definition) is 2. The lowest BCUT2D eigenvalue weighted by atomic mass is 10.0. The summed E-state index contributed by atoms with van der Waals surface area (Å²) in [5, 5.41) is 18.4. The van der Waals surface area contributed by atoms with E-state index in [0.29, 0.717) is 12.5 Å². The summed E-state index contributed by atoms with van der Waals surface area (Å²) in [6.07, 6.45) is 2.82. The molecule has 0 spiro atoms. The SMILES string of the molecule is O=C(CCN(Cc1cccc2ccccc12)C1CC1)Nc1nn[nH]n1. The van der Waals surface area contributed by atoms with Crippen LogP contribution in [0.15, 0.2) is 42.5 Å². The summed E-state index contributed by atoms with van der Waals surface area (Å²) in [5.74, 6) is 0.127. The first-order chi connectivity index (χ1) is 12.3. The van der Waals surface area contributed by atoms with Crippen molar-refractivity contribution in [3.63, 3.8) is 0 Å². The summed E-state index contributed by atoms with van der Waals surface area (Å²) in [6, 6.07) is 15.4. The van der Waals surface area contributed by atoms with E-state index in [0.717, 1.165) is 13.1 Å². The second-order valence-corrected chi connectivity index (χ2v) is 6.37. The number of H-pyrrole nitrogens is 1. The second kappa shape index (κ2) is 6.98. The first-order valence-electron chi connectivity index (χ1n) is 8.53. The smallest absolute Gasteiger partial charge is 0.269 e. The molecule has 0 saturated heterocycles. The van der Waals surface area contributed by atoms with Gasteiger partial charge in [0.05, 0.1) is 0 Å². The second-order valence-electron chi connectivity index (χ2n) is 6.37. The lowest BCUT2D eigenvalue weighted by Gasteiger charge is -2.22. The number of benzene rings is 2. The van der Waals surface area contributed by atoms with Crippen molar-refractivity contribution in [1.82, 2.24) is 25.5 Å². The van der Waals surface area contributed by atoms with E-state index < -0.39 is 0 Å². The third-order valence-corrected chi connectivity index (χ3v) is 4.54. The minimum atomic E-state index is -0.0926.